The molecule has 0 aliphatic heterocycles. The van der Waals surface area contributed by atoms with E-state index in [0.717, 1.165) is 9.39 Å². The minimum atomic E-state index is 0.518. The van der Waals surface area contributed by atoms with Crippen molar-refractivity contribution in [1.82, 2.24) is 9.78 Å². The molecule has 1 aromatic carbocycles. The van der Waals surface area contributed by atoms with E-state index in [0.29, 0.717) is 10.8 Å². The standard InChI is InChI=1S/C9H7ClIN3/c10-6-1-3-7(4-2-6)14-8(11)5-9(12)13-14/h1-5H,(H2,12,13). The second-order valence-corrected chi connectivity index (χ2v) is 4.32. The van der Waals surface area contributed by atoms with Gasteiger partial charge in [0.2, 0.25) is 0 Å². The van der Waals surface area contributed by atoms with Crippen LogP contribution in [-0.4, -0.2) is 9.78 Å². The van der Waals surface area contributed by atoms with Gasteiger partial charge in [0.25, 0.3) is 0 Å². The van der Waals surface area contributed by atoms with Crippen LogP contribution in [0.4, 0.5) is 5.82 Å². The Hall–Kier alpha value is -0.750. The van der Waals surface area contributed by atoms with Gasteiger partial charge >= 0.3 is 0 Å². The first kappa shape index (κ1) is 9.79. The van der Waals surface area contributed by atoms with Gasteiger partial charge in [-0.2, -0.15) is 0 Å². The van der Waals surface area contributed by atoms with E-state index in [-0.39, 0.29) is 0 Å². The third kappa shape index (κ3) is 1.85. The number of benzene rings is 1. The zero-order valence-corrected chi connectivity index (χ0v) is 10.0. The first-order valence-corrected chi connectivity index (χ1v) is 5.39. The van der Waals surface area contributed by atoms with Crippen LogP contribution >= 0.6 is 34.2 Å². The molecular formula is C9H7ClIN3. The second kappa shape index (κ2) is 3.78. The number of hydrogen-bond acceptors (Lipinski definition) is 2. The quantitative estimate of drug-likeness (QED) is 0.821. The lowest BCUT2D eigenvalue weighted by Gasteiger charge is -2.02. The van der Waals surface area contributed by atoms with Crippen molar-refractivity contribution < 1.29 is 0 Å². The van der Waals surface area contributed by atoms with Crippen molar-refractivity contribution >= 4 is 40.0 Å². The summed E-state index contributed by atoms with van der Waals surface area (Å²) >= 11 is 7.97. The zero-order chi connectivity index (χ0) is 10.1. The molecule has 0 saturated carbocycles. The molecule has 0 radical (unpaired) electrons. The number of aromatic nitrogens is 2. The topological polar surface area (TPSA) is 43.8 Å². The zero-order valence-electron chi connectivity index (χ0n) is 7.11. The number of nitrogen functional groups attached to an aromatic ring is 1. The highest BCUT2D eigenvalue weighted by molar-refractivity contribution is 14.1. The molecule has 0 bridgehead atoms. The van der Waals surface area contributed by atoms with Gasteiger partial charge in [0.15, 0.2) is 0 Å². The van der Waals surface area contributed by atoms with Crippen molar-refractivity contribution in [2.45, 2.75) is 0 Å². The Labute approximate surface area is 100 Å². The Morgan fingerprint density at radius 2 is 1.93 bits per heavy atom. The molecule has 1 aromatic heterocycles. The highest BCUT2D eigenvalue weighted by atomic mass is 127. The van der Waals surface area contributed by atoms with Gasteiger partial charge in [-0.25, -0.2) is 4.68 Å². The van der Waals surface area contributed by atoms with Gasteiger partial charge in [0, 0.05) is 11.1 Å². The predicted molar refractivity (Wildman–Crippen MR) is 65.7 cm³/mol. The molecule has 3 nitrogen and oxygen atoms in total. The highest BCUT2D eigenvalue weighted by Crippen LogP contribution is 2.17. The molecule has 0 aliphatic rings. The predicted octanol–water partition coefficient (Wildman–Crippen LogP) is 2.71. The molecule has 0 atom stereocenters. The fraction of sp³-hybridized carbons (Fsp3) is 0. The van der Waals surface area contributed by atoms with Crippen molar-refractivity contribution in [3.63, 3.8) is 0 Å². The minimum Gasteiger partial charge on any atom is -0.382 e. The Kier molecular flexibility index (Phi) is 2.64. The minimum absolute atomic E-state index is 0.518. The molecular weight excluding hydrogens is 312 g/mol. The fourth-order valence-electron chi connectivity index (χ4n) is 1.14. The Bertz CT molecular complexity index is 450. The lowest BCUT2D eigenvalue weighted by Crippen LogP contribution is -1.98. The molecule has 0 amide bonds. The normalized spacial score (nSPS) is 10.4. The Balaban J connectivity index is 2.49. The maximum Gasteiger partial charge on any atom is 0.146 e. The van der Waals surface area contributed by atoms with E-state index in [2.05, 4.69) is 27.7 Å². The summed E-state index contributed by atoms with van der Waals surface area (Å²) in [4.78, 5) is 0. The summed E-state index contributed by atoms with van der Waals surface area (Å²) < 4.78 is 2.74. The summed E-state index contributed by atoms with van der Waals surface area (Å²) in [6.45, 7) is 0. The van der Waals surface area contributed by atoms with Crippen LogP contribution in [0.5, 0.6) is 0 Å². The molecule has 5 heteroatoms. The second-order valence-electron chi connectivity index (χ2n) is 2.78. The van der Waals surface area contributed by atoms with Crippen LogP contribution in [0.15, 0.2) is 30.3 Å². The summed E-state index contributed by atoms with van der Waals surface area (Å²) in [5, 5.41) is 4.87. The number of anilines is 1. The summed E-state index contributed by atoms with van der Waals surface area (Å²) in [7, 11) is 0. The number of nitrogens with zero attached hydrogens (tertiary/aromatic N) is 2. The van der Waals surface area contributed by atoms with E-state index in [4.69, 9.17) is 17.3 Å². The first-order valence-electron chi connectivity index (χ1n) is 3.94. The van der Waals surface area contributed by atoms with Gasteiger partial charge in [-0.1, -0.05) is 11.6 Å². The molecule has 0 spiro atoms. The Morgan fingerprint density at radius 3 is 2.43 bits per heavy atom. The average Bonchev–Trinajstić information content (AvgIpc) is 2.47. The Morgan fingerprint density at radius 1 is 1.29 bits per heavy atom. The molecule has 0 aliphatic carbocycles. The average molecular weight is 320 g/mol. The fourth-order valence-corrected chi connectivity index (χ4v) is 1.97. The van der Waals surface area contributed by atoms with Crippen molar-refractivity contribution in [2.24, 2.45) is 0 Å². The summed E-state index contributed by atoms with van der Waals surface area (Å²) in [6, 6.07) is 9.26. The molecule has 2 rings (SSSR count). The van der Waals surface area contributed by atoms with Gasteiger partial charge in [-0.15, -0.1) is 5.10 Å². The van der Waals surface area contributed by atoms with Gasteiger partial charge in [-0.3, -0.25) is 0 Å². The van der Waals surface area contributed by atoms with E-state index in [9.17, 15) is 0 Å². The van der Waals surface area contributed by atoms with Gasteiger partial charge in [0.05, 0.1) is 5.69 Å². The van der Waals surface area contributed by atoms with Crippen molar-refractivity contribution in [2.75, 3.05) is 5.73 Å². The van der Waals surface area contributed by atoms with Crippen molar-refractivity contribution in [3.8, 4) is 5.69 Å². The number of nitrogens with two attached hydrogens (primary N) is 1. The third-order valence-electron chi connectivity index (χ3n) is 1.76. The summed E-state index contributed by atoms with van der Waals surface area (Å²) in [6.07, 6.45) is 0. The highest BCUT2D eigenvalue weighted by Gasteiger charge is 2.04. The summed E-state index contributed by atoms with van der Waals surface area (Å²) in [5.74, 6) is 0.518. The largest absolute Gasteiger partial charge is 0.382 e. The van der Waals surface area contributed by atoms with Crippen LogP contribution in [0.1, 0.15) is 0 Å². The number of halogens is 2. The van der Waals surface area contributed by atoms with Crippen LogP contribution in [0.25, 0.3) is 5.69 Å². The smallest absolute Gasteiger partial charge is 0.146 e. The van der Waals surface area contributed by atoms with E-state index < -0.39 is 0 Å². The third-order valence-corrected chi connectivity index (χ3v) is 2.78. The van der Waals surface area contributed by atoms with E-state index in [1.54, 1.807) is 4.68 Å². The number of rotatable bonds is 1. The lowest BCUT2D eigenvalue weighted by atomic mass is 10.3. The van der Waals surface area contributed by atoms with Crippen LogP contribution in [0.3, 0.4) is 0 Å². The SMILES string of the molecule is Nc1cc(I)n(-c2ccc(Cl)cc2)n1. The molecule has 14 heavy (non-hydrogen) atoms. The first-order chi connectivity index (χ1) is 6.66. The number of hydrogen-bond donors (Lipinski definition) is 1. The molecule has 0 fully saturated rings. The monoisotopic (exact) mass is 319 g/mol. The van der Waals surface area contributed by atoms with Crippen LogP contribution in [0.2, 0.25) is 5.02 Å². The van der Waals surface area contributed by atoms with Crippen LogP contribution < -0.4 is 5.73 Å². The van der Waals surface area contributed by atoms with Gasteiger partial charge in [0.1, 0.15) is 9.52 Å². The van der Waals surface area contributed by atoms with E-state index >= 15 is 0 Å². The van der Waals surface area contributed by atoms with E-state index in [1.165, 1.54) is 0 Å². The molecule has 2 N–H and O–H groups in total. The van der Waals surface area contributed by atoms with Gasteiger partial charge < -0.3 is 5.73 Å². The van der Waals surface area contributed by atoms with Crippen LogP contribution in [-0.2, 0) is 0 Å². The van der Waals surface area contributed by atoms with E-state index in [1.807, 2.05) is 30.3 Å². The molecule has 0 unspecified atom stereocenters. The lowest BCUT2D eigenvalue weighted by molar-refractivity contribution is 0.863. The molecule has 0 saturated heterocycles. The van der Waals surface area contributed by atoms with Crippen molar-refractivity contribution in [1.29, 1.82) is 0 Å². The molecule has 1 heterocycles. The maximum atomic E-state index is 5.79. The van der Waals surface area contributed by atoms with Crippen LogP contribution in [0, 0.1) is 3.70 Å². The van der Waals surface area contributed by atoms with Gasteiger partial charge in [-0.05, 0) is 46.9 Å². The molecule has 2 aromatic rings. The molecule has 72 valence electrons. The summed E-state index contributed by atoms with van der Waals surface area (Å²) in [5.41, 5.74) is 6.54. The van der Waals surface area contributed by atoms with Crippen molar-refractivity contribution in [3.05, 3.63) is 39.1 Å². The maximum absolute atomic E-state index is 5.79.